The lowest BCUT2D eigenvalue weighted by Crippen LogP contribution is -2.65. The number of likely N-dealkylation sites (N-methyl/N-ethyl adjacent to an activating group) is 2. The largest absolute Gasteiger partial charge is 0.495 e. The molecule has 0 spiro atoms. The summed E-state index contributed by atoms with van der Waals surface area (Å²) in [5, 5.41) is 24.3. The predicted octanol–water partition coefficient (Wildman–Crippen LogP) is 7.98. The third-order valence-electron chi connectivity index (χ3n) is 20.1. The Morgan fingerprint density at radius 3 is 1.46 bits per heavy atom. The molecule has 23 nitrogen and oxygen atoms in total. The van der Waals surface area contributed by atoms with Crippen molar-refractivity contribution in [3.8, 4) is 11.5 Å². The van der Waals surface area contributed by atoms with E-state index in [0.29, 0.717) is 80.7 Å². The number of methoxy groups -OCH3 is 2. The molecule has 0 bridgehead atoms. The molecule has 4 aliphatic heterocycles. The van der Waals surface area contributed by atoms with Gasteiger partial charge in [-0.25, -0.2) is 9.97 Å². The van der Waals surface area contributed by atoms with Crippen molar-refractivity contribution in [2.75, 3.05) is 124 Å². The molecule has 4 aromatic rings. The maximum Gasteiger partial charge on any atom is 0.280 e. The highest BCUT2D eigenvalue weighted by Crippen LogP contribution is 2.43. The minimum atomic E-state index is -1.71. The SMILES string of the molecule is CC=C1C(=O)N(C)c2cnc(Nc3ccc(C(=O)NC4CCC(N5CCN(CC6CC6)CC5)CC4)cc3OC)nc2N1C(C)C.CCC1(O)C(=O)N(C)c2cnc(Nc3ccc(C(=O)NC4CCC(N5CCN(CC6CC6)CC5)CC4)cc3OC)nc2N1C(C)C. The van der Waals surface area contributed by atoms with Crippen LogP contribution in [-0.4, -0.2) is 204 Å². The quantitative estimate of drug-likeness (QED) is 0.0560. The Morgan fingerprint density at radius 2 is 1.07 bits per heavy atom. The molecule has 2 saturated heterocycles. The molecular weight excluding hydrogens is 1150 g/mol. The summed E-state index contributed by atoms with van der Waals surface area (Å²) >= 11 is 0. The predicted molar refractivity (Wildman–Crippen MR) is 356 cm³/mol. The number of amides is 4. The Balaban J connectivity index is 0.000000187. The van der Waals surface area contributed by atoms with E-state index in [4.69, 9.17) is 19.4 Å². The van der Waals surface area contributed by atoms with Gasteiger partial charge in [-0.1, -0.05) is 13.0 Å². The van der Waals surface area contributed by atoms with Gasteiger partial charge in [-0.05, 0) is 160 Å². The summed E-state index contributed by atoms with van der Waals surface area (Å²) in [6.45, 7) is 23.5. The number of carbonyl (C=O) groups is 4. The van der Waals surface area contributed by atoms with E-state index < -0.39 is 11.6 Å². The minimum absolute atomic E-state index is 0.0186. The fraction of sp³-hybridized carbons (Fsp3) is 0.618. The van der Waals surface area contributed by atoms with Crippen LogP contribution in [0.3, 0.4) is 0 Å². The average Bonchev–Trinajstić information content (AvgIpc) is 1.12. The molecule has 12 rings (SSSR count). The second-order valence-electron chi connectivity index (χ2n) is 26.9. The number of nitrogens with zero attached hydrogens (tertiary/aromatic N) is 12. The van der Waals surface area contributed by atoms with Crippen molar-refractivity contribution in [2.45, 2.75) is 167 Å². The normalized spacial score (nSPS) is 24.8. The number of benzene rings is 2. The number of allylic oxidation sites excluding steroid dienone is 1. The van der Waals surface area contributed by atoms with Crippen molar-refractivity contribution in [2.24, 2.45) is 11.8 Å². The van der Waals surface area contributed by atoms with Gasteiger partial charge >= 0.3 is 0 Å². The molecule has 4 aliphatic carbocycles. The third-order valence-corrected chi connectivity index (χ3v) is 20.1. The van der Waals surface area contributed by atoms with Gasteiger partial charge in [0.25, 0.3) is 23.6 Å². The highest BCUT2D eigenvalue weighted by Gasteiger charge is 2.50. The van der Waals surface area contributed by atoms with E-state index in [1.165, 1.54) is 96.0 Å². The van der Waals surface area contributed by atoms with E-state index in [-0.39, 0.29) is 54.3 Å². The first-order valence-electron chi connectivity index (χ1n) is 33.6. The van der Waals surface area contributed by atoms with Crippen molar-refractivity contribution < 1.29 is 33.8 Å². The van der Waals surface area contributed by atoms with Crippen LogP contribution in [0.4, 0.5) is 46.3 Å². The standard InChI is InChI=1S/C34H50N8O4.C34H48N8O3/c1-6-34(45)32(44)39(4)28-20-35-33(38-30(28)42(34)22(2)3)37-27-14-9-24(19-29(27)46-5)31(43)36-25-10-12-26(13-11-25)41-17-15-40(16-18-41)21-23-7-8-23;1-6-28-33(44)39(4)29-20-35-34(38-31(29)42(28)22(2)3)37-27-14-9-24(19-30(27)45-5)32(43)36-25-10-12-26(13-11-25)41-17-15-40(16-18-41)21-23-7-8-23/h9,14,19-20,22-23,25-26,45H,6-8,10-13,15-18,21H2,1-5H3,(H,36,43)(H,35,37,38);6,9,14,19-20,22-23,25-26H,7-8,10-13,15-18,21H2,1-5H3,(H,36,43)(H,35,37,38). The monoisotopic (exact) mass is 1250 g/mol. The van der Waals surface area contributed by atoms with Gasteiger partial charge < -0.3 is 65.2 Å². The first-order chi connectivity index (χ1) is 43.9. The molecule has 1 atom stereocenters. The fourth-order valence-electron chi connectivity index (χ4n) is 14.4. The molecule has 2 aromatic heterocycles. The molecule has 5 N–H and O–H groups in total. The summed E-state index contributed by atoms with van der Waals surface area (Å²) in [7, 11) is 6.49. The van der Waals surface area contributed by atoms with Crippen molar-refractivity contribution in [3.05, 3.63) is 71.7 Å². The van der Waals surface area contributed by atoms with Crippen LogP contribution < -0.4 is 50.3 Å². The van der Waals surface area contributed by atoms with E-state index in [1.54, 1.807) is 87.8 Å². The minimum Gasteiger partial charge on any atom is -0.495 e. The summed E-state index contributed by atoms with van der Waals surface area (Å²) in [6.07, 6.45) is 19.4. The first-order valence-corrected chi connectivity index (χ1v) is 33.6. The molecule has 0 radical (unpaired) electrons. The zero-order valence-corrected chi connectivity index (χ0v) is 55.3. The molecule has 6 heterocycles. The summed E-state index contributed by atoms with van der Waals surface area (Å²) in [6, 6.07) is 12.1. The Kier molecular flexibility index (Phi) is 20.4. The molecule has 2 aromatic carbocycles. The lowest BCUT2D eigenvalue weighted by atomic mass is 9.89. The zero-order valence-electron chi connectivity index (χ0n) is 55.3. The van der Waals surface area contributed by atoms with Crippen LogP contribution in [0.25, 0.3) is 0 Å². The molecule has 4 amide bonds. The molecule has 4 saturated carbocycles. The number of anilines is 8. The average molecular weight is 1250 g/mol. The number of nitrogens with one attached hydrogen (secondary N) is 4. The highest BCUT2D eigenvalue weighted by atomic mass is 16.5. The maximum absolute atomic E-state index is 13.3. The second-order valence-corrected chi connectivity index (χ2v) is 26.9. The van der Waals surface area contributed by atoms with Gasteiger partial charge in [0, 0.05) is 133 Å². The Bertz CT molecular complexity index is 3270. The van der Waals surface area contributed by atoms with E-state index in [9.17, 15) is 24.3 Å². The summed E-state index contributed by atoms with van der Waals surface area (Å²) in [5.41, 5.74) is 2.36. The van der Waals surface area contributed by atoms with Crippen LogP contribution in [0.1, 0.15) is 146 Å². The van der Waals surface area contributed by atoms with Crippen molar-refractivity contribution in [1.82, 2.24) is 50.2 Å². The first kappa shape index (κ1) is 65.3. The number of fused-ring (bicyclic) bond motifs is 2. The Morgan fingerprint density at radius 1 is 0.626 bits per heavy atom. The van der Waals surface area contributed by atoms with E-state index >= 15 is 0 Å². The summed E-state index contributed by atoms with van der Waals surface area (Å²) in [4.78, 5) is 88.2. The van der Waals surface area contributed by atoms with E-state index in [2.05, 4.69) is 50.8 Å². The van der Waals surface area contributed by atoms with Crippen LogP contribution >= 0.6 is 0 Å². The molecule has 91 heavy (non-hydrogen) atoms. The summed E-state index contributed by atoms with van der Waals surface area (Å²) < 4.78 is 11.3. The van der Waals surface area contributed by atoms with Crippen LogP contribution in [0.15, 0.2) is 60.6 Å². The number of aromatic nitrogens is 4. The summed E-state index contributed by atoms with van der Waals surface area (Å²) in [5.74, 6) is 3.99. The third kappa shape index (κ3) is 14.7. The lowest BCUT2D eigenvalue weighted by Gasteiger charge is -2.47. The van der Waals surface area contributed by atoms with Crippen molar-refractivity contribution in [1.29, 1.82) is 0 Å². The van der Waals surface area contributed by atoms with Gasteiger partial charge in [0.2, 0.25) is 17.6 Å². The van der Waals surface area contributed by atoms with Crippen molar-refractivity contribution in [3.63, 3.8) is 0 Å². The molecule has 1 unspecified atom stereocenters. The number of ether oxygens (including phenoxy) is 2. The Labute approximate surface area is 537 Å². The van der Waals surface area contributed by atoms with Crippen LogP contribution in [0, 0.1) is 11.8 Å². The van der Waals surface area contributed by atoms with Gasteiger partial charge in [-0.2, -0.15) is 9.97 Å². The molecule has 6 fully saturated rings. The molecule has 492 valence electrons. The number of piperazine rings is 2. The number of hydrogen-bond donors (Lipinski definition) is 5. The van der Waals surface area contributed by atoms with Gasteiger partial charge in [0.15, 0.2) is 11.6 Å². The van der Waals surface area contributed by atoms with Gasteiger partial charge in [0.05, 0.1) is 38.0 Å². The maximum atomic E-state index is 13.3. The highest BCUT2D eigenvalue weighted by molar-refractivity contribution is 6.12. The molecule has 8 aliphatic rings. The van der Waals surface area contributed by atoms with E-state index in [0.717, 1.165) is 63.2 Å². The number of hydrogen-bond acceptors (Lipinski definition) is 19. The smallest absolute Gasteiger partial charge is 0.280 e. The van der Waals surface area contributed by atoms with Crippen LogP contribution in [-0.2, 0) is 9.59 Å². The number of aliphatic hydroxyl groups is 1. The molecule has 23 heteroatoms. The van der Waals surface area contributed by atoms with Crippen LogP contribution in [0.2, 0.25) is 0 Å². The molecular formula is C68H98N16O7. The number of rotatable bonds is 19. The van der Waals surface area contributed by atoms with E-state index in [1.807, 2.05) is 51.7 Å². The van der Waals surface area contributed by atoms with Crippen LogP contribution in [0.5, 0.6) is 11.5 Å². The fourth-order valence-corrected chi connectivity index (χ4v) is 14.4. The topological polar surface area (TPSA) is 233 Å². The van der Waals surface area contributed by atoms with Crippen molar-refractivity contribution >= 4 is 69.9 Å². The number of carbonyl (C=O) groups excluding carboxylic acids is 4. The van der Waals surface area contributed by atoms with Gasteiger partial charge in [0.1, 0.15) is 28.6 Å². The lowest BCUT2D eigenvalue weighted by molar-refractivity contribution is -0.138. The second kappa shape index (κ2) is 28.4. The zero-order chi connectivity index (χ0) is 64.3. The van der Waals surface area contributed by atoms with Gasteiger partial charge in [-0.15, -0.1) is 0 Å². The Hall–Kier alpha value is -7.18. The van der Waals surface area contributed by atoms with Gasteiger partial charge in [-0.3, -0.25) is 29.0 Å².